The molecule has 0 fully saturated rings. The van der Waals surface area contributed by atoms with Gasteiger partial charge in [-0.25, -0.2) is 0 Å². The molecule has 0 radical (unpaired) electrons. The second-order valence-corrected chi connectivity index (χ2v) is 9.87. The van der Waals surface area contributed by atoms with Crippen LogP contribution < -0.4 is 29.0 Å². The van der Waals surface area contributed by atoms with Crippen LogP contribution in [-0.2, 0) is 9.63 Å². The van der Waals surface area contributed by atoms with Crippen molar-refractivity contribution in [1.82, 2.24) is 0 Å². The molecule has 1 aliphatic carbocycles. The Bertz CT molecular complexity index is 1440. The van der Waals surface area contributed by atoms with Crippen LogP contribution in [0.5, 0.6) is 28.7 Å². The van der Waals surface area contributed by atoms with E-state index in [0.29, 0.717) is 44.6 Å². The molecule has 1 N–H and O–H groups in total. The summed E-state index contributed by atoms with van der Waals surface area (Å²) in [6.45, 7) is 0.399. The van der Waals surface area contributed by atoms with Gasteiger partial charge in [0.2, 0.25) is 18.4 Å². The molecule has 10 heteroatoms. The van der Waals surface area contributed by atoms with E-state index in [1.54, 1.807) is 21.3 Å². The van der Waals surface area contributed by atoms with Crippen molar-refractivity contribution in [3.05, 3.63) is 69.7 Å². The van der Waals surface area contributed by atoms with E-state index in [9.17, 15) is 4.79 Å². The number of carbonyl (C=O) groups excluding carboxylic acids is 1. The summed E-state index contributed by atoms with van der Waals surface area (Å²) >= 11 is 3.75. The highest BCUT2D eigenvalue weighted by molar-refractivity contribution is 9.10. The van der Waals surface area contributed by atoms with Gasteiger partial charge in [-0.2, -0.15) is 0 Å². The maximum atomic E-state index is 14.1. The molecule has 1 amide bonds. The van der Waals surface area contributed by atoms with Gasteiger partial charge in [-0.3, -0.25) is 4.79 Å². The number of nitrogens with zero attached hydrogens (tertiary/aromatic N) is 1. The second-order valence-electron chi connectivity index (χ2n) is 9.08. The molecule has 2 heterocycles. The number of amides is 1. The number of nitrogens with one attached hydrogen (secondary N) is 1. The van der Waals surface area contributed by atoms with Crippen molar-refractivity contribution in [3.63, 3.8) is 0 Å². The Hall–Kier alpha value is -3.92. The number of hydrogen-bond acceptors (Lipinski definition) is 8. The van der Waals surface area contributed by atoms with E-state index < -0.39 is 11.8 Å². The fraction of sp³-hybridized carbons (Fsp3) is 0.286. The Morgan fingerprint density at radius 2 is 1.71 bits per heavy atom. The SMILES string of the molecule is COc1cc([C@@H]2c3cc4c(cc3C3=NOC[C@H]3[C@@H]2C(=O)Nc2ccccc2)OCO4)c(Br)c(OC)c1OC. The minimum Gasteiger partial charge on any atom is -0.493 e. The lowest BCUT2D eigenvalue weighted by atomic mass is 9.65. The third-order valence-electron chi connectivity index (χ3n) is 7.19. The van der Waals surface area contributed by atoms with Gasteiger partial charge in [-0.1, -0.05) is 23.4 Å². The predicted molar refractivity (Wildman–Crippen MR) is 143 cm³/mol. The van der Waals surface area contributed by atoms with Crippen LogP contribution >= 0.6 is 15.9 Å². The third-order valence-corrected chi connectivity index (χ3v) is 8.01. The van der Waals surface area contributed by atoms with Crippen LogP contribution in [0.1, 0.15) is 22.6 Å². The van der Waals surface area contributed by atoms with Crippen molar-refractivity contribution in [1.29, 1.82) is 0 Å². The van der Waals surface area contributed by atoms with E-state index in [-0.39, 0.29) is 25.2 Å². The molecule has 38 heavy (non-hydrogen) atoms. The highest BCUT2D eigenvalue weighted by Gasteiger charge is 2.50. The molecule has 6 rings (SSSR count). The van der Waals surface area contributed by atoms with Gasteiger partial charge >= 0.3 is 0 Å². The van der Waals surface area contributed by atoms with E-state index in [2.05, 4.69) is 26.4 Å². The molecule has 2 aliphatic heterocycles. The Balaban J connectivity index is 1.59. The number of fused-ring (bicyclic) bond motifs is 4. The number of hydrogen-bond donors (Lipinski definition) is 1. The topological polar surface area (TPSA) is 96.8 Å². The van der Waals surface area contributed by atoms with Gasteiger partial charge in [0.25, 0.3) is 0 Å². The van der Waals surface area contributed by atoms with Crippen LogP contribution in [0.2, 0.25) is 0 Å². The first-order chi connectivity index (χ1) is 18.5. The highest BCUT2D eigenvalue weighted by atomic mass is 79.9. The fourth-order valence-electron chi connectivity index (χ4n) is 5.53. The Labute approximate surface area is 227 Å². The summed E-state index contributed by atoms with van der Waals surface area (Å²) in [6, 6.07) is 15.1. The first-order valence-corrected chi connectivity index (χ1v) is 12.8. The minimum absolute atomic E-state index is 0.126. The van der Waals surface area contributed by atoms with Gasteiger partial charge in [0, 0.05) is 17.2 Å². The molecular formula is C28H25BrN2O7. The molecule has 0 unspecified atom stereocenters. The van der Waals surface area contributed by atoms with Crippen LogP contribution in [0.4, 0.5) is 5.69 Å². The summed E-state index contributed by atoms with van der Waals surface area (Å²) in [6.07, 6.45) is 0. The van der Waals surface area contributed by atoms with E-state index in [0.717, 1.165) is 16.7 Å². The number of methoxy groups -OCH3 is 3. The first kappa shape index (κ1) is 24.4. The lowest BCUT2D eigenvalue weighted by Gasteiger charge is -2.37. The molecule has 196 valence electrons. The van der Waals surface area contributed by atoms with Gasteiger partial charge in [0.15, 0.2) is 23.0 Å². The van der Waals surface area contributed by atoms with Crippen molar-refractivity contribution >= 4 is 33.2 Å². The van der Waals surface area contributed by atoms with Crippen LogP contribution in [0, 0.1) is 11.8 Å². The van der Waals surface area contributed by atoms with Crippen molar-refractivity contribution in [3.8, 4) is 28.7 Å². The average Bonchev–Trinajstić information content (AvgIpc) is 3.61. The summed E-state index contributed by atoms with van der Waals surface area (Å²) in [4.78, 5) is 19.7. The largest absolute Gasteiger partial charge is 0.493 e. The monoisotopic (exact) mass is 580 g/mol. The molecule has 0 saturated heterocycles. The van der Waals surface area contributed by atoms with Crippen molar-refractivity contribution in [2.75, 3.05) is 40.0 Å². The molecule has 3 aromatic rings. The Morgan fingerprint density at radius 3 is 2.42 bits per heavy atom. The number of benzene rings is 3. The first-order valence-electron chi connectivity index (χ1n) is 12.0. The molecular weight excluding hydrogens is 556 g/mol. The molecule has 3 atom stereocenters. The van der Waals surface area contributed by atoms with Gasteiger partial charge in [0.1, 0.15) is 6.61 Å². The van der Waals surface area contributed by atoms with Crippen LogP contribution in [0.25, 0.3) is 0 Å². The number of rotatable bonds is 6. The van der Waals surface area contributed by atoms with Crippen molar-refractivity contribution < 1.29 is 33.3 Å². The summed E-state index contributed by atoms with van der Waals surface area (Å²) in [5, 5.41) is 7.47. The zero-order chi connectivity index (χ0) is 26.4. The highest BCUT2D eigenvalue weighted by Crippen LogP contribution is 2.55. The van der Waals surface area contributed by atoms with Gasteiger partial charge in [0.05, 0.1) is 43.3 Å². The lowest BCUT2D eigenvalue weighted by Crippen LogP contribution is -2.42. The zero-order valence-electron chi connectivity index (χ0n) is 20.9. The maximum absolute atomic E-state index is 14.1. The molecule has 0 spiro atoms. The number of anilines is 1. The summed E-state index contributed by atoms with van der Waals surface area (Å²) in [5.74, 6) is 1.15. The van der Waals surface area contributed by atoms with Crippen LogP contribution in [0.15, 0.2) is 58.2 Å². The fourth-order valence-corrected chi connectivity index (χ4v) is 6.23. The predicted octanol–water partition coefficient (Wildman–Crippen LogP) is 4.95. The van der Waals surface area contributed by atoms with E-state index in [1.807, 2.05) is 48.5 Å². The lowest BCUT2D eigenvalue weighted by molar-refractivity contribution is -0.121. The summed E-state index contributed by atoms with van der Waals surface area (Å²) in [7, 11) is 4.68. The Kier molecular flexibility index (Phi) is 6.27. The number of carbonyl (C=O) groups is 1. The van der Waals surface area contributed by atoms with Gasteiger partial charge in [-0.15, -0.1) is 0 Å². The number of oxime groups is 1. The van der Waals surface area contributed by atoms with Gasteiger partial charge < -0.3 is 33.8 Å². The molecule has 0 saturated carbocycles. The summed E-state index contributed by atoms with van der Waals surface area (Å²) in [5.41, 5.74) is 3.92. The maximum Gasteiger partial charge on any atom is 0.231 e. The molecule has 9 nitrogen and oxygen atoms in total. The van der Waals surface area contributed by atoms with Gasteiger partial charge in [-0.05, 0) is 57.4 Å². The van der Waals surface area contributed by atoms with E-state index in [4.69, 9.17) is 28.5 Å². The molecule has 0 aromatic heterocycles. The van der Waals surface area contributed by atoms with Crippen LogP contribution in [-0.4, -0.2) is 46.3 Å². The quantitative estimate of drug-likeness (QED) is 0.440. The smallest absolute Gasteiger partial charge is 0.231 e. The normalized spacial score (nSPS) is 20.5. The number of halogens is 1. The van der Waals surface area contributed by atoms with Crippen LogP contribution in [0.3, 0.4) is 0 Å². The molecule has 0 bridgehead atoms. The summed E-state index contributed by atoms with van der Waals surface area (Å²) < 4.78 is 29.1. The minimum atomic E-state index is -0.580. The van der Waals surface area contributed by atoms with E-state index in [1.165, 1.54) is 0 Å². The zero-order valence-corrected chi connectivity index (χ0v) is 22.5. The van der Waals surface area contributed by atoms with Crippen molar-refractivity contribution in [2.45, 2.75) is 5.92 Å². The number of para-hydroxylation sites is 1. The third kappa shape index (κ3) is 3.82. The average molecular weight is 581 g/mol. The Morgan fingerprint density at radius 1 is 0.974 bits per heavy atom. The standard InChI is InChI=1S/C28H25BrN2O7/c1-33-21-11-17(24(29)27(35-3)26(21)34-2)22-15-9-19-20(37-13-36-19)10-16(15)25-18(12-38-31-25)23(22)28(32)30-14-7-5-4-6-8-14/h4-11,18,22-23H,12-13H2,1-3H3,(H,30,32)/t18-,22-,23-/m0/s1. The van der Waals surface area contributed by atoms with Crippen molar-refractivity contribution in [2.24, 2.45) is 17.0 Å². The molecule has 3 aromatic carbocycles. The second kappa shape index (κ2) is 9.75. The number of ether oxygens (including phenoxy) is 5. The molecule has 3 aliphatic rings. The van der Waals surface area contributed by atoms with E-state index >= 15 is 0 Å².